The van der Waals surface area contributed by atoms with Gasteiger partial charge in [-0.3, -0.25) is 14.4 Å². The van der Waals surface area contributed by atoms with Gasteiger partial charge in [-0.05, 0) is 105 Å². The summed E-state index contributed by atoms with van der Waals surface area (Å²) in [7, 11) is 4.09. The second kappa shape index (κ2) is 14.5. The summed E-state index contributed by atoms with van der Waals surface area (Å²) < 4.78 is 0. The molecule has 2 bridgehead atoms. The Balaban J connectivity index is 1.32. The van der Waals surface area contributed by atoms with Crippen LogP contribution in [-0.2, 0) is 16.2 Å². The molecule has 2 aromatic carbocycles. The van der Waals surface area contributed by atoms with E-state index >= 15 is 0 Å². The Kier molecular flexibility index (Phi) is 10.9. The maximum atomic E-state index is 14.0. The molecule has 4 N–H and O–H groups in total. The summed E-state index contributed by atoms with van der Waals surface area (Å²) in [5.74, 6) is 0.700. The summed E-state index contributed by atoms with van der Waals surface area (Å²) in [6, 6.07) is 14.8. The number of hydrogen-bond acceptors (Lipinski definition) is 7. The first-order valence-electron chi connectivity index (χ1n) is 17.1. The maximum Gasteiger partial charge on any atom is 0.251 e. The minimum absolute atomic E-state index is 0.0768. The third-order valence-corrected chi connectivity index (χ3v) is 11.1. The lowest BCUT2D eigenvalue weighted by Gasteiger charge is -2.62. The predicted octanol–water partition coefficient (Wildman–Crippen LogP) is 4.09. The van der Waals surface area contributed by atoms with Crippen molar-refractivity contribution in [3.8, 4) is 11.1 Å². The first kappa shape index (κ1) is 34.5. The molecule has 9 nitrogen and oxygen atoms in total. The van der Waals surface area contributed by atoms with Crippen LogP contribution in [0.5, 0.6) is 0 Å². The Morgan fingerprint density at radius 3 is 2.54 bits per heavy atom. The van der Waals surface area contributed by atoms with Gasteiger partial charge < -0.3 is 25.7 Å². The number of benzene rings is 2. The van der Waals surface area contributed by atoms with Crippen molar-refractivity contribution in [1.29, 1.82) is 0 Å². The van der Waals surface area contributed by atoms with Crippen molar-refractivity contribution in [2.75, 3.05) is 33.8 Å². The van der Waals surface area contributed by atoms with E-state index in [1.54, 1.807) is 12.0 Å². The number of aliphatic hydroxyl groups is 2. The molecule has 1 unspecified atom stereocenters. The normalized spacial score (nSPS) is 29.3. The summed E-state index contributed by atoms with van der Waals surface area (Å²) in [4.78, 5) is 35.5. The van der Waals surface area contributed by atoms with Crippen LogP contribution in [-0.4, -0.2) is 90.1 Å². The van der Waals surface area contributed by atoms with Gasteiger partial charge in [-0.25, -0.2) is 0 Å². The van der Waals surface area contributed by atoms with Gasteiger partial charge in [0.15, 0.2) is 0 Å². The molecule has 46 heavy (non-hydrogen) atoms. The van der Waals surface area contributed by atoms with Gasteiger partial charge in [-0.1, -0.05) is 57.2 Å². The van der Waals surface area contributed by atoms with Crippen LogP contribution in [0.3, 0.4) is 0 Å². The van der Waals surface area contributed by atoms with E-state index in [9.17, 15) is 19.8 Å². The lowest BCUT2D eigenvalue weighted by molar-refractivity contribution is -0.183. The number of nitrogens with one attached hydrogen (secondary N) is 2. The Hall–Kier alpha value is -2.82. The fourth-order valence-electron chi connectivity index (χ4n) is 8.28. The summed E-state index contributed by atoms with van der Waals surface area (Å²) in [5, 5.41) is 29.0. The van der Waals surface area contributed by atoms with Crippen molar-refractivity contribution in [2.45, 2.75) is 84.2 Å². The molecule has 1 aliphatic heterocycles. The Morgan fingerprint density at radius 1 is 1.11 bits per heavy atom. The number of aliphatic hydroxyl groups excluding tert-OH is 2. The van der Waals surface area contributed by atoms with Gasteiger partial charge in [-0.15, -0.1) is 0 Å². The molecule has 4 aliphatic rings. The molecule has 0 spiro atoms. The average molecular weight is 635 g/mol. The summed E-state index contributed by atoms with van der Waals surface area (Å²) in [5.41, 5.74) is 3.53. The highest BCUT2D eigenvalue weighted by Gasteiger charge is 2.57. The van der Waals surface area contributed by atoms with E-state index in [0.29, 0.717) is 35.3 Å². The van der Waals surface area contributed by atoms with Crippen molar-refractivity contribution < 1.29 is 24.6 Å². The van der Waals surface area contributed by atoms with Crippen LogP contribution in [0, 0.1) is 29.1 Å². The first-order valence-corrected chi connectivity index (χ1v) is 17.1. The van der Waals surface area contributed by atoms with Crippen LogP contribution in [0.25, 0.3) is 11.1 Å². The van der Waals surface area contributed by atoms with E-state index < -0.39 is 24.2 Å². The number of nitrogens with zero attached hydrogens (tertiary/aromatic N) is 2. The van der Waals surface area contributed by atoms with Crippen LogP contribution in [0.4, 0.5) is 0 Å². The SMILES string of the molecule is C[C@H](O)[C@@H]1[C@H](CO)ON(Cc2cccc(-c3ccccc3C(=O)NCCCCN(C)C)c2)[C@@H]1C(=O)N[C@H]1C[C@H]2CC([C@@H]1C)C2(C)C. The molecule has 0 aromatic heterocycles. The van der Waals surface area contributed by atoms with Crippen molar-refractivity contribution in [3.63, 3.8) is 0 Å². The van der Waals surface area contributed by atoms with Crippen LogP contribution in [0.2, 0.25) is 0 Å². The van der Waals surface area contributed by atoms with Crippen LogP contribution >= 0.6 is 0 Å². The number of rotatable bonds is 13. The fraction of sp³-hybridized carbons (Fsp3) is 0.622. The number of carbonyl (C=O) groups is 2. The molecule has 0 radical (unpaired) electrons. The van der Waals surface area contributed by atoms with Gasteiger partial charge in [0, 0.05) is 24.1 Å². The summed E-state index contributed by atoms with van der Waals surface area (Å²) in [6.07, 6.45) is 2.55. The van der Waals surface area contributed by atoms with Gasteiger partial charge >= 0.3 is 0 Å². The predicted molar refractivity (Wildman–Crippen MR) is 180 cm³/mol. The van der Waals surface area contributed by atoms with Gasteiger partial charge in [0.2, 0.25) is 5.91 Å². The number of unbranched alkanes of at least 4 members (excludes halogenated alkanes) is 1. The van der Waals surface area contributed by atoms with E-state index in [0.717, 1.165) is 42.5 Å². The zero-order chi connectivity index (χ0) is 33.2. The number of fused-ring (bicyclic) bond motifs is 2. The van der Waals surface area contributed by atoms with Crippen LogP contribution in [0.1, 0.15) is 69.3 Å². The smallest absolute Gasteiger partial charge is 0.251 e. The molecule has 4 fully saturated rings. The van der Waals surface area contributed by atoms with Gasteiger partial charge in [0.25, 0.3) is 5.91 Å². The largest absolute Gasteiger partial charge is 0.394 e. The second-order valence-electron chi connectivity index (χ2n) is 14.7. The third-order valence-electron chi connectivity index (χ3n) is 11.1. The van der Waals surface area contributed by atoms with Crippen molar-refractivity contribution in [2.24, 2.45) is 29.1 Å². The highest BCUT2D eigenvalue weighted by Crippen LogP contribution is 2.61. The Bertz CT molecular complexity index is 1360. The third kappa shape index (κ3) is 7.19. The van der Waals surface area contributed by atoms with Crippen molar-refractivity contribution in [1.82, 2.24) is 20.6 Å². The fourth-order valence-corrected chi connectivity index (χ4v) is 8.28. The lowest BCUT2D eigenvalue weighted by Crippen LogP contribution is -2.62. The molecule has 8 atom stereocenters. The monoisotopic (exact) mass is 634 g/mol. The maximum absolute atomic E-state index is 14.0. The van der Waals surface area contributed by atoms with E-state index in [1.165, 1.54) is 6.42 Å². The highest BCUT2D eigenvalue weighted by molar-refractivity contribution is 6.00. The van der Waals surface area contributed by atoms with E-state index in [-0.39, 0.29) is 31.0 Å². The van der Waals surface area contributed by atoms with Crippen molar-refractivity contribution >= 4 is 11.8 Å². The molecule has 6 rings (SSSR count). The molecule has 1 heterocycles. The van der Waals surface area contributed by atoms with E-state index in [4.69, 9.17) is 4.84 Å². The molecular weight excluding hydrogens is 580 g/mol. The summed E-state index contributed by atoms with van der Waals surface area (Å²) in [6.45, 7) is 10.2. The number of hydrogen-bond donors (Lipinski definition) is 4. The number of hydroxylamine groups is 2. The van der Waals surface area contributed by atoms with Gasteiger partial charge in [-0.2, -0.15) is 5.06 Å². The quantitative estimate of drug-likeness (QED) is 0.246. The average Bonchev–Trinajstić information content (AvgIpc) is 3.40. The van der Waals surface area contributed by atoms with Crippen molar-refractivity contribution in [3.05, 3.63) is 59.7 Å². The van der Waals surface area contributed by atoms with Gasteiger partial charge in [0.05, 0.1) is 19.3 Å². The molecule has 3 saturated carbocycles. The minimum atomic E-state index is -0.853. The second-order valence-corrected chi connectivity index (χ2v) is 14.7. The van der Waals surface area contributed by atoms with Crippen LogP contribution in [0.15, 0.2) is 48.5 Å². The molecule has 9 heteroatoms. The number of amides is 2. The molecule has 2 amide bonds. The zero-order valence-corrected chi connectivity index (χ0v) is 28.4. The standard InChI is InChI=1S/C37H54N4O5/c1-23-30-19-27(37(30,3)4)20-31(23)39-36(45)34-33(24(2)43)32(22-42)46-41(34)21-25-12-11-13-26(18-25)28-14-7-8-15-29(28)35(44)38-16-9-10-17-40(5)6/h7-8,11-15,18,23-24,27,30-34,42-43H,9-10,16-17,19-22H2,1-6H3,(H,38,44)(H,39,45)/t23-,24-,27+,30?,31-,32-,33+,34-/m0/s1. The Morgan fingerprint density at radius 2 is 1.87 bits per heavy atom. The molecule has 2 aromatic rings. The van der Waals surface area contributed by atoms with Crippen LogP contribution < -0.4 is 10.6 Å². The summed E-state index contributed by atoms with van der Waals surface area (Å²) >= 11 is 0. The van der Waals surface area contributed by atoms with E-state index in [2.05, 4.69) is 36.3 Å². The zero-order valence-electron chi connectivity index (χ0n) is 28.4. The highest BCUT2D eigenvalue weighted by atomic mass is 16.7. The Labute approximate surface area is 274 Å². The first-order chi connectivity index (χ1) is 21.9. The lowest BCUT2D eigenvalue weighted by atomic mass is 9.45. The molecule has 1 saturated heterocycles. The van der Waals surface area contributed by atoms with E-state index in [1.807, 2.05) is 62.6 Å². The topological polar surface area (TPSA) is 114 Å². The minimum Gasteiger partial charge on any atom is -0.394 e. The molecule has 3 aliphatic carbocycles. The molecular formula is C37H54N4O5. The number of carbonyl (C=O) groups excluding carboxylic acids is 2. The van der Waals surface area contributed by atoms with Gasteiger partial charge in [0.1, 0.15) is 12.1 Å². The molecule has 252 valence electrons.